The van der Waals surface area contributed by atoms with E-state index in [2.05, 4.69) is 10.0 Å². The molecule has 2 N–H and O–H groups in total. The fraction of sp³-hybridized carbons (Fsp3) is 0.538. The predicted octanol–water partition coefficient (Wildman–Crippen LogP) is 2.30. The first-order valence-corrected chi connectivity index (χ1v) is 8.24. The maximum absolute atomic E-state index is 11.3. The monoisotopic (exact) mass is 266 g/mol. The third-order valence-electron chi connectivity index (χ3n) is 4.07. The highest BCUT2D eigenvalue weighted by atomic mass is 32.2. The van der Waals surface area contributed by atoms with Gasteiger partial charge in [-0.15, -0.1) is 0 Å². The van der Waals surface area contributed by atoms with Crippen LogP contribution < -0.4 is 10.0 Å². The average molecular weight is 266 g/mol. The molecule has 1 fully saturated rings. The molecule has 0 amide bonds. The van der Waals surface area contributed by atoms with E-state index >= 15 is 0 Å². The van der Waals surface area contributed by atoms with Crippen LogP contribution >= 0.6 is 0 Å². The lowest BCUT2D eigenvalue weighted by atomic mass is 9.81. The van der Waals surface area contributed by atoms with Gasteiger partial charge >= 0.3 is 0 Å². The Balaban J connectivity index is 1.99. The second-order valence-corrected chi connectivity index (χ2v) is 7.22. The van der Waals surface area contributed by atoms with Crippen LogP contribution in [0.2, 0.25) is 0 Å². The average Bonchev–Trinajstić information content (AvgIpc) is 2.87. The molecule has 2 aliphatic rings. The van der Waals surface area contributed by atoms with Crippen molar-refractivity contribution in [3.8, 4) is 0 Å². The third kappa shape index (κ3) is 1.96. The van der Waals surface area contributed by atoms with Crippen LogP contribution in [0.15, 0.2) is 18.2 Å². The second kappa shape index (κ2) is 3.88. The van der Waals surface area contributed by atoms with Gasteiger partial charge in [-0.3, -0.25) is 4.72 Å². The molecule has 1 saturated carbocycles. The molecule has 5 heteroatoms. The molecule has 1 aromatic carbocycles. The highest BCUT2D eigenvalue weighted by Gasteiger charge is 2.41. The number of benzene rings is 1. The zero-order valence-electron chi connectivity index (χ0n) is 10.5. The molecular weight excluding hydrogens is 248 g/mol. The van der Waals surface area contributed by atoms with E-state index in [1.807, 2.05) is 18.2 Å². The summed E-state index contributed by atoms with van der Waals surface area (Å²) in [6, 6.07) is 5.80. The predicted molar refractivity (Wildman–Crippen MR) is 73.5 cm³/mol. The molecule has 98 valence electrons. The highest BCUT2D eigenvalue weighted by molar-refractivity contribution is 7.92. The molecule has 1 aromatic rings. The van der Waals surface area contributed by atoms with Crippen LogP contribution in [-0.2, 0) is 15.4 Å². The first kappa shape index (κ1) is 11.8. The van der Waals surface area contributed by atoms with Crippen LogP contribution in [0.1, 0.15) is 31.2 Å². The van der Waals surface area contributed by atoms with Gasteiger partial charge in [0.05, 0.1) is 6.26 Å². The lowest BCUT2D eigenvalue weighted by Crippen LogP contribution is -2.24. The Kier molecular flexibility index (Phi) is 2.55. The molecule has 0 unspecified atom stereocenters. The van der Waals surface area contributed by atoms with E-state index < -0.39 is 10.0 Å². The molecule has 18 heavy (non-hydrogen) atoms. The van der Waals surface area contributed by atoms with Gasteiger partial charge in [-0.25, -0.2) is 8.42 Å². The van der Waals surface area contributed by atoms with E-state index in [4.69, 9.17) is 0 Å². The molecule has 4 nitrogen and oxygen atoms in total. The van der Waals surface area contributed by atoms with Gasteiger partial charge in [0, 0.05) is 23.3 Å². The van der Waals surface area contributed by atoms with Crippen molar-refractivity contribution in [3.63, 3.8) is 0 Å². The normalized spacial score (nSPS) is 20.7. The summed E-state index contributed by atoms with van der Waals surface area (Å²) >= 11 is 0. The van der Waals surface area contributed by atoms with Crippen molar-refractivity contribution in [3.05, 3.63) is 23.8 Å². The summed E-state index contributed by atoms with van der Waals surface area (Å²) in [5.74, 6) is 0. The number of hydrogen-bond acceptors (Lipinski definition) is 3. The van der Waals surface area contributed by atoms with Crippen LogP contribution in [0, 0.1) is 0 Å². The van der Waals surface area contributed by atoms with Gasteiger partial charge in [0.1, 0.15) is 0 Å². The molecule has 1 aliphatic heterocycles. The van der Waals surface area contributed by atoms with Crippen molar-refractivity contribution in [1.29, 1.82) is 0 Å². The Morgan fingerprint density at radius 2 is 2.00 bits per heavy atom. The maximum atomic E-state index is 11.3. The summed E-state index contributed by atoms with van der Waals surface area (Å²) in [7, 11) is -3.20. The summed E-state index contributed by atoms with van der Waals surface area (Å²) < 4.78 is 25.1. The summed E-state index contributed by atoms with van der Waals surface area (Å²) in [6.07, 6.45) is 6.13. The minimum Gasteiger partial charge on any atom is -0.384 e. The molecule has 0 saturated heterocycles. The van der Waals surface area contributed by atoms with E-state index in [-0.39, 0.29) is 5.41 Å². The van der Waals surface area contributed by atoms with Crippen LogP contribution in [0.4, 0.5) is 11.4 Å². The van der Waals surface area contributed by atoms with Crippen molar-refractivity contribution in [2.75, 3.05) is 22.8 Å². The summed E-state index contributed by atoms with van der Waals surface area (Å²) in [4.78, 5) is 0. The summed E-state index contributed by atoms with van der Waals surface area (Å²) in [5.41, 5.74) is 3.36. The molecule has 1 aliphatic carbocycles. The lowest BCUT2D eigenvalue weighted by Gasteiger charge is -2.23. The smallest absolute Gasteiger partial charge is 0.229 e. The SMILES string of the molecule is CS(=O)(=O)Nc1ccc2c(c1)C1(CCCC1)CN2. The van der Waals surface area contributed by atoms with Crippen LogP contribution in [0.5, 0.6) is 0 Å². The number of fused-ring (bicyclic) bond motifs is 2. The molecule has 0 bridgehead atoms. The van der Waals surface area contributed by atoms with Crippen molar-refractivity contribution < 1.29 is 8.42 Å². The van der Waals surface area contributed by atoms with Gasteiger partial charge in [0.25, 0.3) is 0 Å². The van der Waals surface area contributed by atoms with Crippen molar-refractivity contribution in [2.45, 2.75) is 31.1 Å². The van der Waals surface area contributed by atoms with Crippen LogP contribution in [0.3, 0.4) is 0 Å². The van der Waals surface area contributed by atoms with E-state index in [1.54, 1.807) is 0 Å². The minimum atomic E-state index is -3.20. The molecular formula is C13H18N2O2S. The largest absolute Gasteiger partial charge is 0.384 e. The molecule has 0 radical (unpaired) electrons. The van der Waals surface area contributed by atoms with Crippen LogP contribution in [0.25, 0.3) is 0 Å². The molecule has 0 aromatic heterocycles. The molecule has 1 heterocycles. The standard InChI is InChI=1S/C13H18N2O2S/c1-18(16,17)15-10-4-5-12-11(8-10)13(9-14-12)6-2-3-7-13/h4-5,8,14-15H,2-3,6-7,9H2,1H3. The number of sulfonamides is 1. The Morgan fingerprint density at radius 1 is 1.28 bits per heavy atom. The lowest BCUT2D eigenvalue weighted by molar-refractivity contribution is 0.489. The second-order valence-electron chi connectivity index (χ2n) is 5.48. The van der Waals surface area contributed by atoms with Gasteiger partial charge in [0.15, 0.2) is 0 Å². The van der Waals surface area contributed by atoms with Gasteiger partial charge in [-0.05, 0) is 36.6 Å². The minimum absolute atomic E-state index is 0.241. The quantitative estimate of drug-likeness (QED) is 0.863. The highest BCUT2D eigenvalue weighted by Crippen LogP contribution is 2.48. The van der Waals surface area contributed by atoms with Gasteiger partial charge in [-0.1, -0.05) is 12.8 Å². The Bertz CT molecular complexity index is 575. The van der Waals surface area contributed by atoms with Crippen molar-refractivity contribution in [1.82, 2.24) is 0 Å². The van der Waals surface area contributed by atoms with E-state index in [0.29, 0.717) is 5.69 Å². The summed E-state index contributed by atoms with van der Waals surface area (Å²) in [6.45, 7) is 0.991. The van der Waals surface area contributed by atoms with Crippen molar-refractivity contribution >= 4 is 21.4 Å². The first-order chi connectivity index (χ1) is 8.49. The number of hydrogen-bond donors (Lipinski definition) is 2. The number of nitrogens with one attached hydrogen (secondary N) is 2. The Labute approximate surface area is 108 Å². The van der Waals surface area contributed by atoms with E-state index in [0.717, 1.165) is 12.2 Å². The van der Waals surface area contributed by atoms with Crippen molar-refractivity contribution in [2.24, 2.45) is 0 Å². The molecule has 0 atom stereocenters. The fourth-order valence-electron chi connectivity index (χ4n) is 3.27. The third-order valence-corrected chi connectivity index (χ3v) is 4.68. The Hall–Kier alpha value is -1.23. The maximum Gasteiger partial charge on any atom is 0.229 e. The van der Waals surface area contributed by atoms with E-state index in [1.165, 1.54) is 37.5 Å². The number of anilines is 2. The Morgan fingerprint density at radius 3 is 2.67 bits per heavy atom. The van der Waals surface area contributed by atoms with Gasteiger partial charge < -0.3 is 5.32 Å². The topological polar surface area (TPSA) is 58.2 Å². The van der Waals surface area contributed by atoms with Gasteiger partial charge in [0.2, 0.25) is 10.0 Å². The van der Waals surface area contributed by atoms with Crippen LogP contribution in [-0.4, -0.2) is 21.2 Å². The fourth-order valence-corrected chi connectivity index (χ4v) is 3.83. The zero-order valence-corrected chi connectivity index (χ0v) is 11.3. The van der Waals surface area contributed by atoms with E-state index in [9.17, 15) is 8.42 Å². The molecule has 1 spiro atoms. The number of rotatable bonds is 2. The van der Waals surface area contributed by atoms with Gasteiger partial charge in [-0.2, -0.15) is 0 Å². The zero-order chi connectivity index (χ0) is 12.8. The summed E-state index contributed by atoms with van der Waals surface area (Å²) in [5, 5.41) is 3.45. The first-order valence-electron chi connectivity index (χ1n) is 6.35. The molecule has 3 rings (SSSR count).